The van der Waals surface area contributed by atoms with Crippen LogP contribution in [0.15, 0.2) is 30.5 Å². The Bertz CT molecular complexity index is 732. The number of nitrogens with zero attached hydrogens (tertiary/aromatic N) is 3. The number of hydrogen-bond acceptors (Lipinski definition) is 4. The number of benzene rings is 1. The lowest BCUT2D eigenvalue weighted by atomic mass is 10.1. The quantitative estimate of drug-likeness (QED) is 0.833. The monoisotopic (exact) mass is 349 g/mol. The van der Waals surface area contributed by atoms with Gasteiger partial charge in [0.25, 0.3) is 5.91 Å². The van der Waals surface area contributed by atoms with E-state index in [9.17, 15) is 4.79 Å². The van der Waals surface area contributed by atoms with Gasteiger partial charge < -0.3 is 14.4 Å². The zero-order valence-corrected chi connectivity index (χ0v) is 14.5. The molecule has 0 N–H and O–H groups in total. The van der Waals surface area contributed by atoms with Gasteiger partial charge in [0.2, 0.25) is 0 Å². The van der Waals surface area contributed by atoms with E-state index in [2.05, 4.69) is 5.10 Å². The molecule has 1 aromatic heterocycles. The predicted molar refractivity (Wildman–Crippen MR) is 90.5 cm³/mol. The highest BCUT2D eigenvalue weighted by molar-refractivity contribution is 6.33. The molecule has 24 heavy (non-hydrogen) atoms. The Balaban J connectivity index is 1.86. The van der Waals surface area contributed by atoms with Crippen molar-refractivity contribution in [3.63, 3.8) is 0 Å². The van der Waals surface area contributed by atoms with Crippen LogP contribution >= 0.6 is 11.6 Å². The molecule has 3 rings (SSSR count). The van der Waals surface area contributed by atoms with E-state index in [1.54, 1.807) is 43.5 Å². The summed E-state index contributed by atoms with van der Waals surface area (Å²) in [6, 6.07) is 7.14. The van der Waals surface area contributed by atoms with Gasteiger partial charge in [-0.25, -0.2) is 0 Å². The Morgan fingerprint density at radius 2 is 2.21 bits per heavy atom. The van der Waals surface area contributed by atoms with Gasteiger partial charge in [-0.05, 0) is 30.7 Å². The van der Waals surface area contributed by atoms with Crippen LogP contribution in [0, 0.1) is 0 Å². The van der Waals surface area contributed by atoms with Gasteiger partial charge in [-0.2, -0.15) is 5.10 Å². The van der Waals surface area contributed by atoms with Gasteiger partial charge >= 0.3 is 0 Å². The molecule has 1 atom stereocenters. The minimum atomic E-state index is -0.103. The van der Waals surface area contributed by atoms with E-state index >= 15 is 0 Å². The Kier molecular flexibility index (Phi) is 5.06. The average Bonchev–Trinajstić information content (AvgIpc) is 3.08. The molecule has 128 valence electrons. The van der Waals surface area contributed by atoms with Gasteiger partial charge in [0.15, 0.2) is 0 Å². The van der Waals surface area contributed by atoms with Crippen molar-refractivity contribution in [3.05, 3.63) is 46.7 Å². The highest BCUT2D eigenvalue weighted by atomic mass is 35.5. The van der Waals surface area contributed by atoms with Crippen LogP contribution < -0.4 is 4.74 Å². The number of rotatable bonds is 5. The third kappa shape index (κ3) is 3.25. The van der Waals surface area contributed by atoms with Gasteiger partial charge in [-0.15, -0.1) is 0 Å². The lowest BCUT2D eigenvalue weighted by molar-refractivity contribution is 0.0641. The third-order valence-electron chi connectivity index (χ3n) is 4.23. The second-order valence-corrected chi connectivity index (χ2v) is 6.14. The van der Waals surface area contributed by atoms with Crippen LogP contribution in [0.25, 0.3) is 0 Å². The summed E-state index contributed by atoms with van der Waals surface area (Å²) in [4.78, 5) is 14.8. The molecule has 0 unspecified atom stereocenters. The molecule has 1 aliphatic rings. The van der Waals surface area contributed by atoms with Crippen LogP contribution in [0.3, 0.4) is 0 Å². The van der Waals surface area contributed by atoms with Crippen molar-refractivity contribution in [2.45, 2.75) is 19.0 Å². The third-order valence-corrected chi connectivity index (χ3v) is 4.56. The molecule has 0 radical (unpaired) electrons. The number of halogens is 1. The van der Waals surface area contributed by atoms with Crippen LogP contribution in [-0.2, 0) is 11.3 Å². The van der Waals surface area contributed by atoms with E-state index in [-0.39, 0.29) is 11.9 Å². The summed E-state index contributed by atoms with van der Waals surface area (Å²) in [6.07, 6.45) is 2.56. The largest absolute Gasteiger partial charge is 0.497 e. The van der Waals surface area contributed by atoms with E-state index in [1.807, 2.05) is 10.7 Å². The number of carbonyl (C=O) groups is 1. The van der Waals surface area contributed by atoms with Crippen LogP contribution in [-0.4, -0.2) is 48.0 Å². The van der Waals surface area contributed by atoms with Crippen molar-refractivity contribution >= 4 is 17.5 Å². The minimum absolute atomic E-state index is 0.0945. The summed E-state index contributed by atoms with van der Waals surface area (Å²) in [7, 11) is 3.24. The number of carbonyl (C=O) groups excluding carboxylic acids is 1. The number of methoxy groups -OCH3 is 2. The summed E-state index contributed by atoms with van der Waals surface area (Å²) in [5.41, 5.74) is 1.46. The molecule has 0 saturated carbocycles. The highest BCUT2D eigenvalue weighted by Crippen LogP contribution is 2.28. The van der Waals surface area contributed by atoms with E-state index < -0.39 is 0 Å². The zero-order valence-electron chi connectivity index (χ0n) is 13.7. The minimum Gasteiger partial charge on any atom is -0.497 e. The fraction of sp³-hybridized carbons (Fsp3) is 0.412. The first-order valence-corrected chi connectivity index (χ1v) is 8.16. The van der Waals surface area contributed by atoms with Crippen molar-refractivity contribution in [3.8, 4) is 5.75 Å². The van der Waals surface area contributed by atoms with Gasteiger partial charge in [0.1, 0.15) is 5.75 Å². The highest BCUT2D eigenvalue weighted by Gasteiger charge is 2.29. The first kappa shape index (κ1) is 16.8. The lowest BCUT2D eigenvalue weighted by Crippen LogP contribution is -2.41. The number of ether oxygens (including phenoxy) is 2. The smallest absolute Gasteiger partial charge is 0.255 e. The summed E-state index contributed by atoms with van der Waals surface area (Å²) in [6.45, 7) is 1.70. The molecule has 0 bridgehead atoms. The number of fused-ring (bicyclic) bond motifs is 1. The first-order chi connectivity index (χ1) is 11.6. The lowest BCUT2D eigenvalue weighted by Gasteiger charge is -2.34. The fourth-order valence-corrected chi connectivity index (χ4v) is 3.17. The van der Waals surface area contributed by atoms with Gasteiger partial charge in [0.05, 0.1) is 36.0 Å². The van der Waals surface area contributed by atoms with Crippen LogP contribution in [0.2, 0.25) is 5.02 Å². The maximum atomic E-state index is 13.0. The van der Waals surface area contributed by atoms with Crippen molar-refractivity contribution in [2.24, 2.45) is 0 Å². The first-order valence-electron chi connectivity index (χ1n) is 7.78. The fourth-order valence-electron chi connectivity index (χ4n) is 2.98. The number of aromatic nitrogens is 2. The molecule has 6 nitrogen and oxygen atoms in total. The molecule has 2 heterocycles. The molecule has 0 aliphatic carbocycles. The summed E-state index contributed by atoms with van der Waals surface area (Å²) in [5.74, 6) is 0.509. The molecule has 0 fully saturated rings. The summed E-state index contributed by atoms with van der Waals surface area (Å²) in [5, 5.41) is 4.80. The van der Waals surface area contributed by atoms with E-state index in [4.69, 9.17) is 21.1 Å². The molecule has 1 aromatic carbocycles. The van der Waals surface area contributed by atoms with Crippen LogP contribution in [0.4, 0.5) is 0 Å². The molecule has 0 saturated heterocycles. The normalized spacial score (nSPS) is 16.8. The number of amides is 1. The van der Waals surface area contributed by atoms with Crippen molar-refractivity contribution in [1.29, 1.82) is 0 Å². The number of hydrogen-bond donors (Lipinski definition) is 0. The van der Waals surface area contributed by atoms with Crippen molar-refractivity contribution in [1.82, 2.24) is 14.7 Å². The summed E-state index contributed by atoms with van der Waals surface area (Å²) < 4.78 is 12.4. The molecular formula is C17H20ClN3O3. The van der Waals surface area contributed by atoms with E-state index in [1.165, 1.54) is 0 Å². The predicted octanol–water partition coefficient (Wildman–Crippen LogP) is 2.78. The topological polar surface area (TPSA) is 56.6 Å². The van der Waals surface area contributed by atoms with Gasteiger partial charge in [-0.1, -0.05) is 11.6 Å². The maximum absolute atomic E-state index is 13.0. The molecular weight excluding hydrogens is 330 g/mol. The van der Waals surface area contributed by atoms with Gasteiger partial charge in [-0.3, -0.25) is 9.48 Å². The second kappa shape index (κ2) is 7.23. The standard InChI is InChI=1S/C17H20ClN3O3/c1-23-8-6-13-11-20(10-12-5-7-19-21(12)13)17(22)15-9-14(24-2)3-4-16(15)18/h3-5,7,9,13H,6,8,10-11H2,1-2H3/t13-/m0/s1. The average molecular weight is 350 g/mol. The van der Waals surface area contributed by atoms with E-state index in [0.717, 1.165) is 12.1 Å². The molecule has 2 aromatic rings. The molecule has 1 aliphatic heterocycles. The Hall–Kier alpha value is -2.05. The van der Waals surface area contributed by atoms with Crippen molar-refractivity contribution < 1.29 is 14.3 Å². The Morgan fingerprint density at radius 3 is 2.96 bits per heavy atom. The van der Waals surface area contributed by atoms with E-state index in [0.29, 0.717) is 36.0 Å². The Labute approximate surface area is 145 Å². The van der Waals surface area contributed by atoms with Crippen LogP contribution in [0.5, 0.6) is 5.75 Å². The molecule has 1 amide bonds. The van der Waals surface area contributed by atoms with Crippen molar-refractivity contribution in [2.75, 3.05) is 27.4 Å². The zero-order chi connectivity index (χ0) is 17.1. The molecule has 0 spiro atoms. The van der Waals surface area contributed by atoms with Gasteiger partial charge in [0, 0.05) is 26.5 Å². The Morgan fingerprint density at radius 1 is 1.38 bits per heavy atom. The maximum Gasteiger partial charge on any atom is 0.255 e. The second-order valence-electron chi connectivity index (χ2n) is 5.73. The SMILES string of the molecule is COCC[C@H]1CN(C(=O)c2cc(OC)ccc2Cl)Cc2ccnn21. The molecule has 7 heteroatoms. The summed E-state index contributed by atoms with van der Waals surface area (Å²) >= 11 is 6.23. The van der Waals surface area contributed by atoms with Crippen LogP contribution in [0.1, 0.15) is 28.5 Å².